The summed E-state index contributed by atoms with van der Waals surface area (Å²) in [7, 11) is 0. The lowest BCUT2D eigenvalue weighted by Gasteiger charge is -2.07. The van der Waals surface area contributed by atoms with Gasteiger partial charge < -0.3 is 20.1 Å². The van der Waals surface area contributed by atoms with Crippen LogP contribution in [0.25, 0.3) is 0 Å². The van der Waals surface area contributed by atoms with Crippen molar-refractivity contribution in [1.82, 2.24) is 9.97 Å². The number of rotatable bonds is 7. The van der Waals surface area contributed by atoms with E-state index in [1.54, 1.807) is 13.8 Å². The maximum absolute atomic E-state index is 12.2. The van der Waals surface area contributed by atoms with Crippen molar-refractivity contribution in [3.63, 3.8) is 0 Å². The summed E-state index contributed by atoms with van der Waals surface area (Å²) in [6, 6.07) is 0.910. The number of aromatic amines is 1. The van der Waals surface area contributed by atoms with Crippen LogP contribution in [0.4, 0.5) is 5.00 Å². The summed E-state index contributed by atoms with van der Waals surface area (Å²) >= 11 is 1.90. The number of esters is 1. The summed E-state index contributed by atoms with van der Waals surface area (Å²) in [5.74, 6) is -1.92. The Morgan fingerprint density at radius 2 is 2.11 bits per heavy atom. The van der Waals surface area contributed by atoms with Crippen LogP contribution in [0.5, 0.6) is 5.88 Å². The number of carbonyl (C=O) groups excluding carboxylic acids is 3. The van der Waals surface area contributed by atoms with Gasteiger partial charge in [-0.15, -0.1) is 11.3 Å². The topological polar surface area (TPSA) is 138 Å². The molecule has 0 radical (unpaired) electrons. The molecule has 2 rings (SSSR count). The summed E-state index contributed by atoms with van der Waals surface area (Å²) in [6.07, 6.45) is 0. The predicted octanol–water partition coefficient (Wildman–Crippen LogP) is 1.96. The molecule has 0 spiro atoms. The molecule has 0 atom stereocenters. The van der Waals surface area contributed by atoms with Gasteiger partial charge in [-0.1, -0.05) is 11.8 Å². The first-order valence-corrected chi connectivity index (χ1v) is 9.57. The number of nitrogens with zero attached hydrogens (tertiary/aromatic N) is 1. The number of thiophene rings is 1. The lowest BCUT2D eigenvalue weighted by atomic mass is 10.1. The zero-order valence-electron chi connectivity index (χ0n) is 14.7. The van der Waals surface area contributed by atoms with Crippen molar-refractivity contribution in [2.24, 2.45) is 0 Å². The van der Waals surface area contributed by atoms with Gasteiger partial charge in [0, 0.05) is 0 Å². The van der Waals surface area contributed by atoms with Gasteiger partial charge in [-0.05, 0) is 26.3 Å². The van der Waals surface area contributed by atoms with Crippen LogP contribution in [0.15, 0.2) is 16.0 Å². The largest absolute Gasteiger partial charge is 0.493 e. The number of thioether (sulfide) groups is 1. The predicted molar refractivity (Wildman–Crippen MR) is 101 cm³/mol. The lowest BCUT2D eigenvalue weighted by molar-refractivity contribution is -0.113. The fraction of sp³-hybridized carbons (Fsp3) is 0.312. The Kier molecular flexibility index (Phi) is 6.75. The number of Topliss-reactive ketones (excluding diaryl/α,β-unsaturated/α-hetero) is 1. The molecule has 27 heavy (non-hydrogen) atoms. The van der Waals surface area contributed by atoms with E-state index < -0.39 is 23.3 Å². The minimum absolute atomic E-state index is 0.0764. The highest BCUT2D eigenvalue weighted by atomic mass is 32.2. The van der Waals surface area contributed by atoms with Crippen LogP contribution in [0, 0.1) is 6.92 Å². The number of amides is 1. The average Bonchev–Trinajstić information content (AvgIpc) is 2.89. The van der Waals surface area contributed by atoms with E-state index in [1.165, 1.54) is 6.92 Å². The molecule has 0 aromatic carbocycles. The molecular weight excluding hydrogens is 394 g/mol. The first kappa shape index (κ1) is 20.6. The Balaban J connectivity index is 2.18. The number of ketones is 1. The van der Waals surface area contributed by atoms with Gasteiger partial charge in [-0.3, -0.25) is 14.4 Å². The third-order valence-corrected chi connectivity index (χ3v) is 5.43. The Hall–Kier alpha value is -2.66. The van der Waals surface area contributed by atoms with Crippen molar-refractivity contribution in [3.8, 4) is 5.88 Å². The van der Waals surface area contributed by atoms with Crippen molar-refractivity contribution in [3.05, 3.63) is 32.4 Å². The number of H-pyrrole nitrogens is 1. The average molecular weight is 411 g/mol. The van der Waals surface area contributed by atoms with Gasteiger partial charge in [0.05, 0.1) is 28.9 Å². The van der Waals surface area contributed by atoms with Crippen molar-refractivity contribution in [1.29, 1.82) is 0 Å². The van der Waals surface area contributed by atoms with Gasteiger partial charge in [0.25, 0.3) is 5.56 Å². The van der Waals surface area contributed by atoms with Gasteiger partial charge >= 0.3 is 5.97 Å². The van der Waals surface area contributed by atoms with Crippen LogP contribution in [0.3, 0.4) is 0 Å². The molecule has 3 N–H and O–H groups in total. The molecule has 0 saturated heterocycles. The number of nitrogens with one attached hydrogen (secondary N) is 2. The van der Waals surface area contributed by atoms with E-state index in [0.717, 1.165) is 29.2 Å². The number of aromatic hydroxyl groups is 1. The molecule has 0 fully saturated rings. The Morgan fingerprint density at radius 3 is 2.70 bits per heavy atom. The maximum atomic E-state index is 12.2. The number of anilines is 1. The Bertz CT molecular complexity index is 950. The van der Waals surface area contributed by atoms with Gasteiger partial charge in [0.15, 0.2) is 10.9 Å². The third-order valence-electron chi connectivity index (χ3n) is 3.25. The standard InChI is InChI=1S/C16H17N3O6S2/c1-4-25-15(24)12-7(2)13(8(3)20)27-14(12)17-11(23)6-26-16-18-9(21)5-10(22)19-16/h5H,4,6H2,1-3H3,(H,17,23)(H2,18,19,21,22). The van der Waals surface area contributed by atoms with Crippen LogP contribution in [0.2, 0.25) is 0 Å². The molecule has 2 aromatic heterocycles. The van der Waals surface area contributed by atoms with Gasteiger partial charge in [-0.25, -0.2) is 4.79 Å². The van der Waals surface area contributed by atoms with Gasteiger partial charge in [0.1, 0.15) is 5.00 Å². The van der Waals surface area contributed by atoms with Gasteiger partial charge in [0.2, 0.25) is 11.8 Å². The molecule has 0 bridgehead atoms. The van der Waals surface area contributed by atoms with E-state index in [-0.39, 0.29) is 33.9 Å². The molecule has 0 aliphatic carbocycles. The number of hydrogen-bond donors (Lipinski definition) is 3. The molecule has 144 valence electrons. The van der Waals surface area contributed by atoms with E-state index in [0.29, 0.717) is 10.4 Å². The molecule has 0 saturated carbocycles. The summed E-state index contributed by atoms with van der Waals surface area (Å²) in [5.41, 5.74) is 0.0529. The highest BCUT2D eigenvalue weighted by molar-refractivity contribution is 7.99. The van der Waals surface area contributed by atoms with E-state index >= 15 is 0 Å². The second-order valence-corrected chi connectivity index (χ2v) is 7.27. The number of carbonyl (C=O) groups is 3. The normalized spacial score (nSPS) is 10.5. The zero-order valence-corrected chi connectivity index (χ0v) is 16.4. The van der Waals surface area contributed by atoms with Crippen LogP contribution >= 0.6 is 23.1 Å². The molecule has 11 heteroatoms. The molecule has 2 aromatic rings. The van der Waals surface area contributed by atoms with Crippen molar-refractivity contribution < 1.29 is 24.2 Å². The minimum atomic E-state index is -0.624. The van der Waals surface area contributed by atoms with E-state index in [4.69, 9.17) is 4.74 Å². The quantitative estimate of drug-likeness (QED) is 0.272. The maximum Gasteiger partial charge on any atom is 0.341 e. The molecule has 9 nitrogen and oxygen atoms in total. The highest BCUT2D eigenvalue weighted by Crippen LogP contribution is 2.34. The Labute approximate surface area is 162 Å². The summed E-state index contributed by atoms with van der Waals surface area (Å²) < 4.78 is 5.00. The molecule has 1 amide bonds. The fourth-order valence-electron chi connectivity index (χ4n) is 2.17. The first-order chi connectivity index (χ1) is 12.7. The van der Waals surface area contributed by atoms with Crippen LogP contribution < -0.4 is 10.9 Å². The Morgan fingerprint density at radius 1 is 1.41 bits per heavy atom. The number of hydrogen-bond acceptors (Lipinski definition) is 9. The molecular formula is C16H17N3O6S2. The summed E-state index contributed by atoms with van der Waals surface area (Å²) in [5, 5.41) is 12.2. The molecule has 0 aliphatic rings. The SMILES string of the molecule is CCOC(=O)c1c(NC(=O)CSc2nc(O)cc(=O)[nH]2)sc(C(C)=O)c1C. The zero-order chi connectivity index (χ0) is 20.1. The highest BCUT2D eigenvalue weighted by Gasteiger charge is 2.25. The first-order valence-electron chi connectivity index (χ1n) is 7.77. The van der Waals surface area contributed by atoms with Crippen LogP contribution in [-0.4, -0.2) is 45.1 Å². The second kappa shape index (κ2) is 8.82. The summed E-state index contributed by atoms with van der Waals surface area (Å²) in [6.45, 7) is 4.80. The lowest BCUT2D eigenvalue weighted by Crippen LogP contribution is -2.17. The van der Waals surface area contributed by atoms with Crippen molar-refractivity contribution in [2.45, 2.75) is 25.9 Å². The monoisotopic (exact) mass is 411 g/mol. The van der Waals surface area contributed by atoms with E-state index in [9.17, 15) is 24.3 Å². The van der Waals surface area contributed by atoms with Crippen LogP contribution in [-0.2, 0) is 9.53 Å². The van der Waals surface area contributed by atoms with E-state index in [2.05, 4.69) is 15.3 Å². The number of ether oxygens (including phenoxy) is 1. The molecule has 0 aliphatic heterocycles. The molecule has 2 heterocycles. The van der Waals surface area contributed by atoms with Crippen molar-refractivity contribution in [2.75, 3.05) is 17.7 Å². The van der Waals surface area contributed by atoms with Crippen molar-refractivity contribution >= 4 is 45.8 Å². The van der Waals surface area contributed by atoms with Gasteiger partial charge in [-0.2, -0.15) is 4.98 Å². The third kappa shape index (κ3) is 5.17. The smallest absolute Gasteiger partial charge is 0.341 e. The minimum Gasteiger partial charge on any atom is -0.493 e. The molecule has 0 unspecified atom stereocenters. The number of aromatic nitrogens is 2. The van der Waals surface area contributed by atoms with Crippen LogP contribution in [0.1, 0.15) is 39.4 Å². The fourth-order valence-corrected chi connectivity index (χ4v) is 3.95. The van der Waals surface area contributed by atoms with E-state index in [1.807, 2.05) is 0 Å². The second-order valence-electron chi connectivity index (χ2n) is 5.28. The summed E-state index contributed by atoms with van der Waals surface area (Å²) in [4.78, 5) is 53.9.